The summed E-state index contributed by atoms with van der Waals surface area (Å²) in [5.74, 6) is 0.0324. The number of hydrogen-bond donors (Lipinski definition) is 1. The highest BCUT2D eigenvalue weighted by Crippen LogP contribution is 2.23. The van der Waals surface area contributed by atoms with Crippen molar-refractivity contribution in [3.05, 3.63) is 63.6 Å². The van der Waals surface area contributed by atoms with Crippen molar-refractivity contribution in [2.75, 3.05) is 6.61 Å². The SMILES string of the molecule is CC(C(=O)NC1CCCC1)N(Cc1cccc(Br)c1)C(=O)COc1ccccc1Cl. The number of nitrogens with zero attached hydrogens (tertiary/aromatic N) is 1. The normalized spacial score (nSPS) is 14.9. The summed E-state index contributed by atoms with van der Waals surface area (Å²) in [5.41, 5.74) is 0.927. The maximum atomic E-state index is 13.1. The van der Waals surface area contributed by atoms with Gasteiger partial charge in [-0.25, -0.2) is 0 Å². The van der Waals surface area contributed by atoms with Gasteiger partial charge >= 0.3 is 0 Å². The molecule has 30 heavy (non-hydrogen) atoms. The van der Waals surface area contributed by atoms with E-state index in [0.717, 1.165) is 35.7 Å². The van der Waals surface area contributed by atoms with Crippen molar-refractivity contribution in [1.82, 2.24) is 10.2 Å². The van der Waals surface area contributed by atoms with Crippen LogP contribution in [0.5, 0.6) is 5.75 Å². The average molecular weight is 494 g/mol. The molecule has 7 heteroatoms. The lowest BCUT2D eigenvalue weighted by molar-refractivity contribution is -0.142. The van der Waals surface area contributed by atoms with E-state index in [1.807, 2.05) is 24.3 Å². The first kappa shape index (κ1) is 22.6. The summed E-state index contributed by atoms with van der Waals surface area (Å²) < 4.78 is 6.56. The summed E-state index contributed by atoms with van der Waals surface area (Å²) in [7, 11) is 0. The first-order valence-corrected chi connectivity index (χ1v) is 11.3. The molecule has 0 radical (unpaired) electrons. The molecule has 1 aliphatic carbocycles. The maximum Gasteiger partial charge on any atom is 0.261 e. The van der Waals surface area contributed by atoms with E-state index in [1.165, 1.54) is 0 Å². The fourth-order valence-electron chi connectivity index (χ4n) is 3.59. The van der Waals surface area contributed by atoms with Crippen molar-refractivity contribution in [1.29, 1.82) is 0 Å². The lowest BCUT2D eigenvalue weighted by Crippen LogP contribution is -2.50. The monoisotopic (exact) mass is 492 g/mol. The molecule has 1 atom stereocenters. The number of nitrogens with one attached hydrogen (secondary N) is 1. The number of carbonyl (C=O) groups excluding carboxylic acids is 2. The fourth-order valence-corrected chi connectivity index (χ4v) is 4.23. The Labute approximate surface area is 190 Å². The predicted octanol–water partition coefficient (Wildman–Crippen LogP) is 4.96. The molecule has 160 valence electrons. The number of halogens is 2. The summed E-state index contributed by atoms with van der Waals surface area (Å²) in [5, 5.41) is 3.53. The van der Waals surface area contributed by atoms with Crippen LogP contribution in [0.2, 0.25) is 5.02 Å². The van der Waals surface area contributed by atoms with Crippen LogP contribution in [-0.2, 0) is 16.1 Å². The number of hydrogen-bond acceptors (Lipinski definition) is 3. The quantitative estimate of drug-likeness (QED) is 0.566. The lowest BCUT2D eigenvalue weighted by Gasteiger charge is -2.29. The van der Waals surface area contributed by atoms with E-state index in [0.29, 0.717) is 17.3 Å². The summed E-state index contributed by atoms with van der Waals surface area (Å²) >= 11 is 9.58. The maximum absolute atomic E-state index is 13.1. The summed E-state index contributed by atoms with van der Waals surface area (Å²) in [6.07, 6.45) is 4.25. The molecule has 0 aromatic heterocycles. The Morgan fingerprint density at radius 3 is 2.63 bits per heavy atom. The van der Waals surface area contributed by atoms with Crippen LogP contribution in [0.4, 0.5) is 0 Å². The van der Waals surface area contributed by atoms with Crippen molar-refractivity contribution >= 4 is 39.3 Å². The molecule has 0 heterocycles. The topological polar surface area (TPSA) is 58.6 Å². The Hall–Kier alpha value is -2.05. The third-order valence-corrected chi connectivity index (χ3v) is 6.10. The van der Waals surface area contributed by atoms with E-state index in [-0.39, 0.29) is 24.5 Å². The van der Waals surface area contributed by atoms with Crippen molar-refractivity contribution in [2.45, 2.75) is 51.2 Å². The number of amides is 2. The van der Waals surface area contributed by atoms with Crippen molar-refractivity contribution in [2.24, 2.45) is 0 Å². The molecule has 0 spiro atoms. The zero-order valence-electron chi connectivity index (χ0n) is 16.9. The number of rotatable bonds is 8. The minimum Gasteiger partial charge on any atom is -0.482 e. The molecule has 1 saturated carbocycles. The largest absolute Gasteiger partial charge is 0.482 e. The molecule has 3 rings (SSSR count). The standard InChI is InChI=1S/C23H26BrClN2O3/c1-16(23(29)26-19-9-2-3-10-19)27(14-17-7-6-8-18(24)13-17)22(28)15-30-21-12-5-4-11-20(21)25/h4-8,11-13,16,19H,2-3,9-10,14-15H2,1H3,(H,26,29). The van der Waals surface area contributed by atoms with E-state index in [4.69, 9.17) is 16.3 Å². The Kier molecular flexibility index (Phi) is 8.16. The van der Waals surface area contributed by atoms with Gasteiger partial charge in [0.2, 0.25) is 5.91 Å². The van der Waals surface area contributed by atoms with Gasteiger partial charge in [0.25, 0.3) is 5.91 Å². The molecule has 5 nitrogen and oxygen atoms in total. The zero-order chi connectivity index (χ0) is 21.5. The number of carbonyl (C=O) groups is 2. The average Bonchev–Trinajstić information content (AvgIpc) is 3.24. The fraction of sp³-hybridized carbons (Fsp3) is 0.391. The lowest BCUT2D eigenvalue weighted by atomic mass is 10.1. The number of para-hydroxylation sites is 1. The second-order valence-corrected chi connectivity index (χ2v) is 8.86. The van der Waals surface area contributed by atoms with E-state index in [1.54, 1.807) is 36.1 Å². The molecular formula is C23H26BrClN2O3. The van der Waals surface area contributed by atoms with Gasteiger partial charge < -0.3 is 15.0 Å². The minimum absolute atomic E-state index is 0.136. The van der Waals surface area contributed by atoms with Crippen LogP contribution in [0, 0.1) is 0 Å². The van der Waals surface area contributed by atoms with Crippen LogP contribution in [-0.4, -0.2) is 35.4 Å². The Morgan fingerprint density at radius 1 is 1.20 bits per heavy atom. The highest BCUT2D eigenvalue weighted by Gasteiger charge is 2.28. The molecule has 0 saturated heterocycles. The third-order valence-electron chi connectivity index (χ3n) is 5.30. The van der Waals surface area contributed by atoms with Crippen LogP contribution in [0.1, 0.15) is 38.2 Å². The van der Waals surface area contributed by atoms with E-state index in [2.05, 4.69) is 21.2 Å². The van der Waals surface area contributed by atoms with Gasteiger partial charge in [-0.2, -0.15) is 0 Å². The third kappa shape index (κ3) is 6.22. The molecule has 1 fully saturated rings. The van der Waals surface area contributed by atoms with Crippen molar-refractivity contribution in [3.63, 3.8) is 0 Å². The Balaban J connectivity index is 1.72. The molecule has 2 amide bonds. The molecule has 2 aromatic rings. The second-order valence-electron chi connectivity index (χ2n) is 7.54. The first-order chi connectivity index (χ1) is 14.4. The van der Waals surface area contributed by atoms with Gasteiger partial charge in [0.1, 0.15) is 11.8 Å². The van der Waals surface area contributed by atoms with Gasteiger partial charge in [0.05, 0.1) is 5.02 Å². The summed E-state index contributed by atoms with van der Waals surface area (Å²) in [4.78, 5) is 27.5. The molecule has 1 N–H and O–H groups in total. The van der Waals surface area contributed by atoms with Crippen molar-refractivity contribution < 1.29 is 14.3 Å². The highest BCUT2D eigenvalue weighted by atomic mass is 79.9. The van der Waals surface area contributed by atoms with E-state index >= 15 is 0 Å². The summed E-state index contributed by atoms with van der Waals surface area (Å²) in [6.45, 7) is 1.87. The molecule has 2 aromatic carbocycles. The molecule has 1 unspecified atom stereocenters. The number of ether oxygens (including phenoxy) is 1. The molecule has 1 aliphatic rings. The van der Waals surface area contributed by atoms with Crippen LogP contribution in [0.25, 0.3) is 0 Å². The van der Waals surface area contributed by atoms with Gasteiger partial charge in [-0.15, -0.1) is 0 Å². The van der Waals surface area contributed by atoms with E-state index in [9.17, 15) is 9.59 Å². The Morgan fingerprint density at radius 2 is 1.93 bits per heavy atom. The molecule has 0 bridgehead atoms. The zero-order valence-corrected chi connectivity index (χ0v) is 19.3. The minimum atomic E-state index is -0.619. The Bertz CT molecular complexity index is 886. The highest BCUT2D eigenvalue weighted by molar-refractivity contribution is 9.10. The predicted molar refractivity (Wildman–Crippen MR) is 121 cm³/mol. The first-order valence-electron chi connectivity index (χ1n) is 10.2. The van der Waals surface area contributed by atoms with E-state index < -0.39 is 6.04 Å². The van der Waals surface area contributed by atoms with Crippen LogP contribution >= 0.6 is 27.5 Å². The second kappa shape index (κ2) is 10.8. The van der Waals surface area contributed by atoms with Crippen LogP contribution in [0.15, 0.2) is 53.0 Å². The van der Waals surface area contributed by atoms with Gasteiger partial charge in [0, 0.05) is 17.1 Å². The van der Waals surface area contributed by atoms with Gasteiger partial charge in [-0.3, -0.25) is 9.59 Å². The van der Waals surface area contributed by atoms with Crippen LogP contribution in [0.3, 0.4) is 0 Å². The van der Waals surface area contributed by atoms with Gasteiger partial charge in [-0.05, 0) is 49.6 Å². The molecular weight excluding hydrogens is 468 g/mol. The van der Waals surface area contributed by atoms with Gasteiger partial charge in [-0.1, -0.05) is 64.6 Å². The summed E-state index contributed by atoms with van der Waals surface area (Å²) in [6, 6.07) is 14.3. The smallest absolute Gasteiger partial charge is 0.261 e. The number of benzene rings is 2. The van der Waals surface area contributed by atoms with Crippen molar-refractivity contribution in [3.8, 4) is 5.75 Å². The molecule has 0 aliphatic heterocycles. The van der Waals surface area contributed by atoms with Crippen LogP contribution < -0.4 is 10.1 Å². The van der Waals surface area contributed by atoms with Gasteiger partial charge in [0.15, 0.2) is 6.61 Å².